The average molecular weight is 300 g/mol. The Hall–Kier alpha value is -1.64. The van der Waals surface area contributed by atoms with Crippen molar-refractivity contribution in [1.82, 2.24) is 4.42 Å². The molecule has 1 saturated heterocycles. The minimum Gasteiger partial charge on any atom is -0.299 e. The quantitative estimate of drug-likeness (QED) is 0.759. The van der Waals surface area contributed by atoms with Gasteiger partial charge in [-0.25, -0.2) is 4.42 Å². The number of rotatable bonds is 2. The first-order valence-corrected chi connectivity index (χ1v) is 7.59. The van der Waals surface area contributed by atoms with Crippen LogP contribution in [0.4, 0.5) is 0 Å². The van der Waals surface area contributed by atoms with Crippen molar-refractivity contribution in [3.63, 3.8) is 0 Å². The average Bonchev–Trinajstić information content (AvgIpc) is 2.53. The molecule has 3 heteroatoms. The van der Waals surface area contributed by atoms with Gasteiger partial charge in [-0.3, -0.25) is 4.79 Å². The third-order valence-electron chi connectivity index (χ3n) is 4.26. The molecule has 108 valence electrons. The van der Waals surface area contributed by atoms with Crippen molar-refractivity contribution in [1.29, 1.82) is 0 Å². The summed E-state index contributed by atoms with van der Waals surface area (Å²) in [6.07, 6.45) is 0.470. The van der Waals surface area contributed by atoms with Gasteiger partial charge in [-0.2, -0.15) is 0 Å². The maximum atomic E-state index is 12.4. The fraction of sp³-hybridized carbons (Fsp3) is 0.278. The molecule has 0 spiro atoms. The van der Waals surface area contributed by atoms with E-state index in [-0.39, 0.29) is 23.8 Å². The maximum absolute atomic E-state index is 12.4. The molecule has 1 unspecified atom stereocenters. The van der Waals surface area contributed by atoms with Crippen molar-refractivity contribution in [2.24, 2.45) is 5.92 Å². The Labute approximate surface area is 130 Å². The molecular formula is C18H18ClNO. The Morgan fingerprint density at radius 2 is 1.48 bits per heavy atom. The summed E-state index contributed by atoms with van der Waals surface area (Å²) in [6.45, 7) is 1.97. The number of carbonyl (C=O) groups excluding carboxylic acids is 1. The predicted molar refractivity (Wildman–Crippen MR) is 84.8 cm³/mol. The Bertz CT molecular complexity index is 614. The number of carbonyl (C=O) groups is 1. The highest BCUT2D eigenvalue weighted by Gasteiger charge is 2.40. The lowest BCUT2D eigenvalue weighted by Gasteiger charge is -2.40. The minimum absolute atomic E-state index is 0.0678. The SMILES string of the molecule is CC1C(=O)C[C@@H](c2ccccc2)N(Cl)[C@H]1c1ccccc1. The summed E-state index contributed by atoms with van der Waals surface area (Å²) >= 11 is 6.66. The van der Waals surface area contributed by atoms with E-state index in [9.17, 15) is 4.79 Å². The first kappa shape index (κ1) is 14.3. The normalized spacial score (nSPS) is 26.8. The third-order valence-corrected chi connectivity index (χ3v) is 4.71. The highest BCUT2D eigenvalue weighted by molar-refractivity contribution is 6.14. The second-order valence-corrected chi connectivity index (χ2v) is 5.98. The van der Waals surface area contributed by atoms with Crippen molar-refractivity contribution in [2.75, 3.05) is 0 Å². The van der Waals surface area contributed by atoms with Crippen molar-refractivity contribution in [3.8, 4) is 0 Å². The van der Waals surface area contributed by atoms with Gasteiger partial charge in [0, 0.05) is 12.3 Å². The molecule has 0 aliphatic carbocycles. The number of benzene rings is 2. The van der Waals surface area contributed by atoms with Crippen molar-refractivity contribution in [3.05, 3.63) is 71.8 Å². The predicted octanol–water partition coefficient (Wildman–Crippen LogP) is 4.53. The lowest BCUT2D eigenvalue weighted by atomic mass is 9.82. The van der Waals surface area contributed by atoms with E-state index in [0.717, 1.165) is 11.1 Å². The third kappa shape index (κ3) is 2.74. The van der Waals surface area contributed by atoms with Crippen LogP contribution in [0.1, 0.15) is 36.6 Å². The van der Waals surface area contributed by atoms with E-state index in [1.54, 1.807) is 0 Å². The van der Waals surface area contributed by atoms with Gasteiger partial charge in [0.05, 0.1) is 12.1 Å². The van der Waals surface area contributed by atoms with Crippen LogP contribution in [0.25, 0.3) is 0 Å². The van der Waals surface area contributed by atoms with E-state index in [1.165, 1.54) is 0 Å². The van der Waals surface area contributed by atoms with Gasteiger partial charge >= 0.3 is 0 Å². The largest absolute Gasteiger partial charge is 0.299 e. The summed E-state index contributed by atoms with van der Waals surface area (Å²) in [5.74, 6) is 0.180. The number of hydrogen-bond donors (Lipinski definition) is 0. The molecule has 1 heterocycles. The first-order valence-electron chi connectivity index (χ1n) is 7.25. The molecule has 1 fully saturated rings. The maximum Gasteiger partial charge on any atom is 0.139 e. The monoisotopic (exact) mass is 299 g/mol. The second kappa shape index (κ2) is 6.00. The summed E-state index contributed by atoms with van der Waals surface area (Å²) in [5.41, 5.74) is 2.18. The molecule has 1 aliphatic rings. The molecule has 0 radical (unpaired) electrons. The topological polar surface area (TPSA) is 20.3 Å². The zero-order chi connectivity index (χ0) is 14.8. The van der Waals surface area contributed by atoms with Crippen LogP contribution in [-0.2, 0) is 4.79 Å². The minimum atomic E-state index is -0.0927. The Morgan fingerprint density at radius 3 is 2.05 bits per heavy atom. The standard InChI is InChI=1S/C18H18ClNO/c1-13-17(21)12-16(14-8-4-2-5-9-14)20(19)18(13)15-10-6-3-7-11-15/h2-11,13,16,18H,12H2,1H3/t13?,16-,18+/m0/s1. The fourth-order valence-corrected chi connectivity index (χ4v) is 3.53. The number of halogens is 1. The molecule has 0 saturated carbocycles. The molecule has 1 aliphatic heterocycles. The molecule has 2 aromatic rings. The van der Waals surface area contributed by atoms with Crippen LogP contribution in [0.3, 0.4) is 0 Å². The molecule has 0 aromatic heterocycles. The molecule has 0 amide bonds. The summed E-state index contributed by atoms with van der Waals surface area (Å²) < 4.78 is 1.83. The van der Waals surface area contributed by atoms with E-state index in [4.69, 9.17) is 11.8 Å². The van der Waals surface area contributed by atoms with Crippen LogP contribution in [0.5, 0.6) is 0 Å². The van der Waals surface area contributed by atoms with Gasteiger partial charge in [0.1, 0.15) is 5.78 Å². The highest BCUT2D eigenvalue weighted by atomic mass is 35.5. The zero-order valence-corrected chi connectivity index (χ0v) is 12.7. The molecular weight excluding hydrogens is 282 g/mol. The van der Waals surface area contributed by atoms with Crippen LogP contribution in [0.15, 0.2) is 60.7 Å². The molecule has 21 heavy (non-hydrogen) atoms. The molecule has 0 N–H and O–H groups in total. The molecule has 2 aromatic carbocycles. The number of nitrogens with zero attached hydrogens (tertiary/aromatic N) is 1. The van der Waals surface area contributed by atoms with Crippen LogP contribution < -0.4 is 0 Å². The Kier molecular flexibility index (Phi) is 4.09. The van der Waals surface area contributed by atoms with Crippen molar-refractivity contribution < 1.29 is 4.79 Å². The molecule has 3 rings (SSSR count). The summed E-state index contributed by atoms with van der Waals surface area (Å²) in [6, 6.07) is 19.9. The van der Waals surface area contributed by atoms with E-state index >= 15 is 0 Å². The first-order chi connectivity index (χ1) is 10.2. The van der Waals surface area contributed by atoms with Crippen LogP contribution in [-0.4, -0.2) is 10.2 Å². The van der Waals surface area contributed by atoms with Crippen LogP contribution >= 0.6 is 11.8 Å². The molecule has 2 nitrogen and oxygen atoms in total. The second-order valence-electron chi connectivity index (χ2n) is 5.59. The lowest BCUT2D eigenvalue weighted by molar-refractivity contribution is -0.128. The van der Waals surface area contributed by atoms with Gasteiger partial charge in [0.25, 0.3) is 0 Å². The van der Waals surface area contributed by atoms with E-state index < -0.39 is 0 Å². The number of ketones is 1. The lowest BCUT2D eigenvalue weighted by Crippen LogP contribution is -2.39. The fourth-order valence-electron chi connectivity index (χ4n) is 3.06. The van der Waals surface area contributed by atoms with Gasteiger partial charge in [-0.15, -0.1) is 0 Å². The summed E-state index contributed by atoms with van der Waals surface area (Å²) in [4.78, 5) is 12.4. The van der Waals surface area contributed by atoms with Crippen molar-refractivity contribution in [2.45, 2.75) is 25.4 Å². The highest BCUT2D eigenvalue weighted by Crippen LogP contribution is 2.44. The number of Topliss-reactive ketones (excluding diaryl/α,β-unsaturated/α-hetero) is 1. The van der Waals surface area contributed by atoms with Crippen LogP contribution in [0.2, 0.25) is 0 Å². The van der Waals surface area contributed by atoms with Gasteiger partial charge in [0.2, 0.25) is 0 Å². The smallest absolute Gasteiger partial charge is 0.139 e. The van der Waals surface area contributed by atoms with Gasteiger partial charge in [-0.05, 0) is 22.9 Å². The van der Waals surface area contributed by atoms with Gasteiger partial charge in [0.15, 0.2) is 0 Å². The summed E-state index contributed by atoms with van der Waals surface area (Å²) in [7, 11) is 0. The van der Waals surface area contributed by atoms with E-state index in [1.807, 2.05) is 72.0 Å². The van der Waals surface area contributed by atoms with Gasteiger partial charge < -0.3 is 0 Å². The zero-order valence-electron chi connectivity index (χ0n) is 11.9. The Morgan fingerprint density at radius 1 is 0.952 bits per heavy atom. The number of hydrogen-bond acceptors (Lipinski definition) is 2. The molecule has 3 atom stereocenters. The number of piperidine rings is 1. The van der Waals surface area contributed by atoms with Gasteiger partial charge in [-0.1, -0.05) is 67.6 Å². The van der Waals surface area contributed by atoms with E-state index in [2.05, 4.69) is 0 Å². The van der Waals surface area contributed by atoms with Crippen LogP contribution in [0, 0.1) is 5.92 Å². The molecule has 0 bridgehead atoms. The Balaban J connectivity index is 1.98. The summed E-state index contributed by atoms with van der Waals surface area (Å²) in [5, 5.41) is 0. The van der Waals surface area contributed by atoms with Crippen molar-refractivity contribution >= 4 is 17.6 Å². The van der Waals surface area contributed by atoms with E-state index in [0.29, 0.717) is 6.42 Å².